The molecule has 5 nitrogen and oxygen atoms in total. The van der Waals surface area contributed by atoms with Crippen LogP contribution in [-0.2, 0) is 16.7 Å². The summed E-state index contributed by atoms with van der Waals surface area (Å²) in [5.41, 5.74) is 1.15. The minimum absolute atomic E-state index is 0.395. The molecule has 1 aromatic carbocycles. The van der Waals surface area contributed by atoms with E-state index >= 15 is 0 Å². The van der Waals surface area contributed by atoms with Crippen molar-refractivity contribution in [3.8, 4) is 11.3 Å². The zero-order valence-electron chi connectivity index (χ0n) is 9.20. The summed E-state index contributed by atoms with van der Waals surface area (Å²) in [5.74, 6) is 0.403. The Labute approximate surface area is 99.2 Å². The van der Waals surface area contributed by atoms with Crippen LogP contribution in [0.3, 0.4) is 0 Å². The highest BCUT2D eigenvalue weighted by atomic mass is 32.2. The lowest BCUT2D eigenvalue weighted by Crippen LogP contribution is -2.43. The molecule has 0 aliphatic heterocycles. The first-order valence-electron chi connectivity index (χ1n) is 5.11. The van der Waals surface area contributed by atoms with Gasteiger partial charge in [-0.05, 0) is 0 Å². The lowest BCUT2D eigenvalue weighted by Gasteiger charge is -1.89. The SMILES string of the molecule is CCc1cc(-c2ccccc2)o[n+]1S(=O)(=O)O. The summed E-state index contributed by atoms with van der Waals surface area (Å²) in [7, 11) is -4.38. The van der Waals surface area contributed by atoms with Crippen molar-refractivity contribution in [3.05, 3.63) is 42.1 Å². The maximum absolute atomic E-state index is 11.1. The predicted molar refractivity (Wildman–Crippen MR) is 60.7 cm³/mol. The molecule has 0 amide bonds. The van der Waals surface area contributed by atoms with Crippen molar-refractivity contribution in [3.63, 3.8) is 0 Å². The molecule has 0 bridgehead atoms. The number of hydrogen-bond donors (Lipinski definition) is 1. The normalized spacial score (nSPS) is 11.6. The maximum Gasteiger partial charge on any atom is 0.554 e. The first-order chi connectivity index (χ1) is 8.02. The van der Waals surface area contributed by atoms with Gasteiger partial charge in [0, 0.05) is 12.0 Å². The lowest BCUT2D eigenvalue weighted by molar-refractivity contribution is -0.724. The van der Waals surface area contributed by atoms with Crippen LogP contribution < -0.4 is 4.15 Å². The van der Waals surface area contributed by atoms with Crippen LogP contribution >= 0.6 is 0 Å². The summed E-state index contributed by atoms with van der Waals surface area (Å²) in [6, 6.07) is 10.7. The zero-order valence-corrected chi connectivity index (χ0v) is 10.0. The standard InChI is InChI=1S/C11H11NO4S/c1-2-10-8-11(9-6-4-3-5-7-9)16-12(10)17(13,14)15/h3-8H,2H2,1H3/p+1. The van der Waals surface area contributed by atoms with Gasteiger partial charge in [0.05, 0.1) is 6.07 Å². The van der Waals surface area contributed by atoms with E-state index in [1.54, 1.807) is 25.1 Å². The van der Waals surface area contributed by atoms with E-state index in [1.165, 1.54) is 0 Å². The topological polar surface area (TPSA) is 71.4 Å². The van der Waals surface area contributed by atoms with Gasteiger partial charge in [-0.2, -0.15) is 0 Å². The van der Waals surface area contributed by atoms with E-state index in [0.717, 1.165) is 5.56 Å². The minimum atomic E-state index is -4.38. The molecule has 0 spiro atoms. The van der Waals surface area contributed by atoms with Gasteiger partial charge in [-0.25, -0.2) is 9.08 Å². The smallest absolute Gasteiger partial charge is 0.230 e. The molecule has 6 heteroatoms. The van der Waals surface area contributed by atoms with E-state index in [0.29, 0.717) is 22.0 Å². The Hall–Kier alpha value is -1.66. The lowest BCUT2D eigenvalue weighted by atomic mass is 10.1. The molecule has 0 fully saturated rings. The highest BCUT2D eigenvalue weighted by molar-refractivity contribution is 7.78. The maximum atomic E-state index is 11.1. The molecule has 17 heavy (non-hydrogen) atoms. The molecule has 1 N–H and O–H groups in total. The molecule has 0 saturated heterocycles. The van der Waals surface area contributed by atoms with Gasteiger partial charge in [0.25, 0.3) is 5.69 Å². The number of aromatic nitrogens is 1. The van der Waals surface area contributed by atoms with Crippen LogP contribution in [0.25, 0.3) is 11.3 Å². The quantitative estimate of drug-likeness (QED) is 0.664. The Balaban J connectivity index is 2.57. The van der Waals surface area contributed by atoms with Crippen LogP contribution in [0.5, 0.6) is 0 Å². The molecule has 0 atom stereocenters. The summed E-state index contributed by atoms with van der Waals surface area (Å²) >= 11 is 0. The van der Waals surface area contributed by atoms with Gasteiger partial charge in [-0.15, -0.1) is 8.42 Å². The summed E-state index contributed by atoms with van der Waals surface area (Å²) < 4.78 is 36.8. The molecule has 2 aromatic rings. The van der Waals surface area contributed by atoms with E-state index in [-0.39, 0.29) is 0 Å². The fraction of sp³-hybridized carbons (Fsp3) is 0.182. The third kappa shape index (κ3) is 2.37. The fourth-order valence-electron chi connectivity index (χ4n) is 1.54. The molecule has 90 valence electrons. The summed E-state index contributed by atoms with van der Waals surface area (Å²) in [5, 5.41) is 0. The van der Waals surface area contributed by atoms with E-state index in [4.69, 9.17) is 9.08 Å². The van der Waals surface area contributed by atoms with E-state index < -0.39 is 10.3 Å². The summed E-state index contributed by atoms with van der Waals surface area (Å²) in [4.78, 5) is 0. The molecule has 1 heterocycles. The molecule has 2 rings (SSSR count). The van der Waals surface area contributed by atoms with Crippen LogP contribution in [0.2, 0.25) is 0 Å². The molecule has 0 radical (unpaired) electrons. The van der Waals surface area contributed by atoms with E-state index in [9.17, 15) is 8.42 Å². The Morgan fingerprint density at radius 3 is 2.41 bits per heavy atom. The Kier molecular flexibility index (Phi) is 2.99. The van der Waals surface area contributed by atoms with Gasteiger partial charge in [0.15, 0.2) is 0 Å². The van der Waals surface area contributed by atoms with E-state index in [2.05, 4.69) is 0 Å². The number of benzene rings is 1. The molecule has 0 unspecified atom stereocenters. The van der Waals surface area contributed by atoms with Gasteiger partial charge in [-0.3, -0.25) is 0 Å². The number of rotatable bonds is 3. The van der Waals surface area contributed by atoms with Crippen molar-refractivity contribution in [1.29, 1.82) is 0 Å². The van der Waals surface area contributed by atoms with Crippen LogP contribution in [0, 0.1) is 0 Å². The molecule has 1 aromatic heterocycles. The zero-order chi connectivity index (χ0) is 12.5. The van der Waals surface area contributed by atoms with Crippen molar-refractivity contribution in [1.82, 2.24) is 0 Å². The average Bonchev–Trinajstić information content (AvgIpc) is 2.74. The van der Waals surface area contributed by atoms with E-state index in [1.807, 2.05) is 18.2 Å². The molecule has 0 aliphatic carbocycles. The predicted octanol–water partition coefficient (Wildman–Crippen LogP) is 1.45. The van der Waals surface area contributed by atoms with Gasteiger partial charge in [-0.1, -0.05) is 37.3 Å². The van der Waals surface area contributed by atoms with Gasteiger partial charge in [0.2, 0.25) is 5.76 Å². The second-order valence-electron chi connectivity index (χ2n) is 3.52. The molecular formula is C11H12NO4S+. The molecular weight excluding hydrogens is 242 g/mol. The largest absolute Gasteiger partial charge is 0.554 e. The number of nitrogens with zero attached hydrogens (tertiary/aromatic N) is 1. The monoisotopic (exact) mass is 254 g/mol. The highest BCUT2D eigenvalue weighted by Crippen LogP contribution is 2.19. The van der Waals surface area contributed by atoms with Crippen molar-refractivity contribution in [2.45, 2.75) is 13.3 Å². The van der Waals surface area contributed by atoms with Crippen molar-refractivity contribution >= 4 is 10.3 Å². The third-order valence-electron chi connectivity index (χ3n) is 2.34. The van der Waals surface area contributed by atoms with Crippen molar-refractivity contribution < 1.29 is 21.6 Å². The van der Waals surface area contributed by atoms with Crippen LogP contribution in [-0.4, -0.2) is 13.0 Å². The fourth-order valence-corrected chi connectivity index (χ4v) is 2.20. The van der Waals surface area contributed by atoms with Crippen molar-refractivity contribution in [2.75, 3.05) is 0 Å². The van der Waals surface area contributed by atoms with Crippen molar-refractivity contribution in [2.24, 2.45) is 0 Å². The summed E-state index contributed by atoms with van der Waals surface area (Å²) in [6.45, 7) is 1.78. The molecule has 0 aliphatic rings. The van der Waals surface area contributed by atoms with Gasteiger partial charge in [0.1, 0.15) is 4.15 Å². The highest BCUT2D eigenvalue weighted by Gasteiger charge is 2.30. The average molecular weight is 254 g/mol. The second-order valence-corrected chi connectivity index (χ2v) is 4.74. The Morgan fingerprint density at radius 1 is 1.29 bits per heavy atom. The van der Waals surface area contributed by atoms with Gasteiger partial charge >= 0.3 is 10.3 Å². The first kappa shape index (κ1) is 11.8. The number of hydrogen-bond acceptors (Lipinski definition) is 3. The van der Waals surface area contributed by atoms with Crippen LogP contribution in [0.1, 0.15) is 12.6 Å². The number of aryl methyl sites for hydroxylation is 1. The first-order valence-corrected chi connectivity index (χ1v) is 6.50. The molecule has 0 saturated carbocycles. The summed E-state index contributed by atoms with van der Waals surface area (Å²) in [6.07, 6.45) is 0.441. The third-order valence-corrected chi connectivity index (χ3v) is 3.07. The Morgan fingerprint density at radius 2 is 1.94 bits per heavy atom. The second kappa shape index (κ2) is 4.31. The van der Waals surface area contributed by atoms with Crippen LogP contribution in [0.15, 0.2) is 40.9 Å². The van der Waals surface area contributed by atoms with Crippen LogP contribution in [0.4, 0.5) is 0 Å². The van der Waals surface area contributed by atoms with Gasteiger partial charge < -0.3 is 0 Å². The Bertz CT molecular complexity index is 616. The minimum Gasteiger partial charge on any atom is -0.230 e.